The summed E-state index contributed by atoms with van der Waals surface area (Å²) in [5.41, 5.74) is -1.12. The third-order valence-electron chi connectivity index (χ3n) is 5.39. The smallest absolute Gasteiger partial charge is 0.394 e. The van der Waals surface area contributed by atoms with Crippen LogP contribution in [0, 0.1) is 5.82 Å². The van der Waals surface area contributed by atoms with Crippen LogP contribution in [0.15, 0.2) is 30.3 Å². The summed E-state index contributed by atoms with van der Waals surface area (Å²) in [5, 5.41) is 19.5. The van der Waals surface area contributed by atoms with Crippen molar-refractivity contribution in [3.63, 3.8) is 0 Å². The van der Waals surface area contributed by atoms with Crippen molar-refractivity contribution in [1.29, 1.82) is 0 Å². The number of benzene rings is 2. The molecule has 0 amide bonds. The van der Waals surface area contributed by atoms with Crippen molar-refractivity contribution in [3.05, 3.63) is 57.5 Å². The summed E-state index contributed by atoms with van der Waals surface area (Å²) in [7, 11) is 0. The topological polar surface area (TPSA) is 62.1 Å². The monoisotopic (exact) mass is 512 g/mol. The summed E-state index contributed by atoms with van der Waals surface area (Å²) in [5.74, 6) is -0.531. The van der Waals surface area contributed by atoms with Crippen LogP contribution in [-0.4, -0.2) is 34.6 Å². The van der Waals surface area contributed by atoms with Crippen LogP contribution in [0.3, 0.4) is 0 Å². The van der Waals surface area contributed by atoms with Gasteiger partial charge in [-0.15, -0.1) is 12.4 Å². The minimum absolute atomic E-state index is 0. The number of rotatable bonds is 5. The number of aromatic nitrogens is 2. The zero-order chi connectivity index (χ0) is 22.4. The maximum absolute atomic E-state index is 14.8. The lowest BCUT2D eigenvalue weighted by atomic mass is 9.88. The second kappa shape index (κ2) is 9.23. The fourth-order valence-electron chi connectivity index (χ4n) is 4.04. The third-order valence-corrected chi connectivity index (χ3v) is 6.20. The number of aliphatic hydroxyl groups excluding tert-OH is 1. The molecule has 0 saturated carbocycles. The number of hydrogen-bond acceptors (Lipinski definition) is 4. The summed E-state index contributed by atoms with van der Waals surface area (Å²) in [6.07, 6.45) is -4.16. The lowest BCUT2D eigenvalue weighted by Crippen LogP contribution is -2.39. The lowest BCUT2D eigenvalue weighted by Gasteiger charge is -2.33. The molecule has 0 radical (unpaired) electrons. The van der Waals surface area contributed by atoms with Crippen LogP contribution in [0.2, 0.25) is 10.0 Å². The fraction of sp³-hybridized carbons (Fsp3) is 0.350. The zero-order valence-electron chi connectivity index (χ0n) is 16.4. The number of nitrogens with one attached hydrogen (secondary N) is 2. The maximum atomic E-state index is 14.8. The van der Waals surface area contributed by atoms with Gasteiger partial charge >= 0.3 is 6.18 Å². The molecule has 1 fully saturated rings. The van der Waals surface area contributed by atoms with E-state index in [0.29, 0.717) is 25.2 Å². The summed E-state index contributed by atoms with van der Waals surface area (Å²) in [4.78, 5) is 0. The number of nitrogens with zero attached hydrogens (tertiary/aromatic N) is 2. The second-order valence-corrected chi connectivity index (χ2v) is 8.16. The highest BCUT2D eigenvalue weighted by molar-refractivity contribution is 6.42. The number of fused-ring (bicyclic) bond motifs is 1. The first-order valence-corrected chi connectivity index (χ1v) is 10.2. The van der Waals surface area contributed by atoms with Crippen LogP contribution in [0.25, 0.3) is 10.9 Å². The first-order chi connectivity index (χ1) is 14.7. The number of alkyl halides is 3. The van der Waals surface area contributed by atoms with Gasteiger partial charge in [-0.3, -0.25) is 4.68 Å². The molecule has 1 aliphatic rings. The van der Waals surface area contributed by atoms with Crippen molar-refractivity contribution >= 4 is 52.2 Å². The third kappa shape index (κ3) is 4.36. The first-order valence-electron chi connectivity index (χ1n) is 9.48. The average molecular weight is 514 g/mol. The maximum Gasteiger partial charge on any atom is 0.435 e. The van der Waals surface area contributed by atoms with Gasteiger partial charge in [-0.05, 0) is 43.3 Å². The molecular weight excluding hydrogens is 495 g/mol. The average Bonchev–Trinajstić information content (AvgIpc) is 3.31. The molecule has 1 saturated heterocycles. The Kier molecular flexibility index (Phi) is 7.17. The molecule has 4 rings (SSSR count). The van der Waals surface area contributed by atoms with Crippen LogP contribution in [0.1, 0.15) is 17.7 Å². The standard InChI is InChI=1S/C20H18Cl2F4N4O.ClH/c21-13-3-4-14(23)16(17(13)22)19(5-6-27-10-19)28-11-1-2-12-15(9-11)30(7-8-31)29-18(12)20(24,25)26;/h1-4,9,27-28,31H,5-8,10H2;1H. The molecule has 2 aromatic carbocycles. The number of anilines is 1. The Balaban J connectivity index is 0.00000289. The van der Waals surface area contributed by atoms with Gasteiger partial charge in [-0.1, -0.05) is 23.2 Å². The molecule has 1 unspecified atom stereocenters. The van der Waals surface area contributed by atoms with Crippen LogP contribution >= 0.6 is 35.6 Å². The summed E-state index contributed by atoms with van der Waals surface area (Å²) >= 11 is 12.5. The van der Waals surface area contributed by atoms with Gasteiger partial charge in [0, 0.05) is 23.2 Å². The van der Waals surface area contributed by atoms with Gasteiger partial charge in [0.25, 0.3) is 0 Å². The van der Waals surface area contributed by atoms with E-state index in [-0.39, 0.29) is 52.1 Å². The quantitative estimate of drug-likeness (QED) is 0.324. The van der Waals surface area contributed by atoms with Gasteiger partial charge in [-0.2, -0.15) is 18.3 Å². The lowest BCUT2D eigenvalue weighted by molar-refractivity contribution is -0.140. The van der Waals surface area contributed by atoms with Crippen molar-refractivity contribution in [2.24, 2.45) is 0 Å². The summed E-state index contributed by atoms with van der Waals surface area (Å²) < 4.78 is 56.0. The number of aliphatic hydroxyl groups is 1. The van der Waals surface area contributed by atoms with E-state index in [1.54, 1.807) is 0 Å². The number of halogens is 7. The van der Waals surface area contributed by atoms with Gasteiger partial charge in [0.15, 0.2) is 5.69 Å². The highest BCUT2D eigenvalue weighted by atomic mass is 35.5. The Morgan fingerprint density at radius 3 is 2.59 bits per heavy atom. The molecule has 0 spiro atoms. The van der Waals surface area contributed by atoms with E-state index >= 15 is 0 Å². The zero-order valence-corrected chi connectivity index (χ0v) is 18.8. The molecule has 3 aromatic rings. The predicted molar refractivity (Wildman–Crippen MR) is 118 cm³/mol. The van der Waals surface area contributed by atoms with Crippen molar-refractivity contribution < 1.29 is 22.7 Å². The molecule has 32 heavy (non-hydrogen) atoms. The SMILES string of the molecule is Cl.OCCn1nc(C(F)(F)F)c2ccc(NC3(c4c(F)ccc(Cl)c4Cl)CCNC3)cc21. The van der Waals surface area contributed by atoms with Crippen LogP contribution in [0.4, 0.5) is 23.2 Å². The van der Waals surface area contributed by atoms with E-state index in [1.807, 2.05) is 0 Å². The van der Waals surface area contributed by atoms with E-state index in [0.717, 1.165) is 4.68 Å². The van der Waals surface area contributed by atoms with Gasteiger partial charge in [-0.25, -0.2) is 4.39 Å². The number of hydrogen-bond donors (Lipinski definition) is 3. The molecule has 3 N–H and O–H groups in total. The van der Waals surface area contributed by atoms with Crippen LogP contribution in [-0.2, 0) is 18.3 Å². The molecule has 1 aromatic heterocycles. The second-order valence-electron chi connectivity index (χ2n) is 7.38. The highest BCUT2D eigenvalue weighted by Gasteiger charge is 2.41. The minimum Gasteiger partial charge on any atom is -0.394 e. The normalized spacial score (nSPS) is 18.7. The molecule has 2 heterocycles. The molecular formula is C20H19Cl3F4N4O. The Labute approximate surface area is 197 Å². The van der Waals surface area contributed by atoms with Crippen molar-refractivity contribution in [2.75, 3.05) is 25.0 Å². The molecule has 0 bridgehead atoms. The van der Waals surface area contributed by atoms with Crippen LogP contribution < -0.4 is 10.6 Å². The van der Waals surface area contributed by atoms with Gasteiger partial charge in [0.2, 0.25) is 0 Å². The Bertz CT molecular complexity index is 1130. The first kappa shape index (κ1) is 24.9. The van der Waals surface area contributed by atoms with Gasteiger partial charge < -0.3 is 15.7 Å². The Morgan fingerprint density at radius 1 is 1.22 bits per heavy atom. The molecule has 5 nitrogen and oxygen atoms in total. The largest absolute Gasteiger partial charge is 0.435 e. The van der Waals surface area contributed by atoms with Crippen molar-refractivity contribution in [3.8, 4) is 0 Å². The highest BCUT2D eigenvalue weighted by Crippen LogP contribution is 2.42. The van der Waals surface area contributed by atoms with E-state index < -0.39 is 23.2 Å². The van der Waals surface area contributed by atoms with Gasteiger partial charge in [0.1, 0.15) is 5.82 Å². The van der Waals surface area contributed by atoms with Gasteiger partial charge in [0.05, 0.1) is 34.3 Å². The van der Waals surface area contributed by atoms with Crippen LogP contribution in [0.5, 0.6) is 0 Å². The summed E-state index contributed by atoms with van der Waals surface area (Å²) in [6.45, 7) is 0.449. The Morgan fingerprint density at radius 2 is 1.97 bits per heavy atom. The molecule has 1 aliphatic heterocycles. The van der Waals surface area contributed by atoms with Crippen molar-refractivity contribution in [1.82, 2.24) is 15.1 Å². The fourth-order valence-corrected chi connectivity index (χ4v) is 4.53. The van der Waals surface area contributed by atoms with E-state index in [1.165, 1.54) is 30.3 Å². The van der Waals surface area contributed by atoms with Crippen molar-refractivity contribution in [2.45, 2.75) is 24.7 Å². The van der Waals surface area contributed by atoms with E-state index in [9.17, 15) is 22.7 Å². The molecule has 0 aliphatic carbocycles. The minimum atomic E-state index is -4.64. The predicted octanol–water partition coefficient (Wildman–Crippen LogP) is 5.22. The molecule has 12 heteroatoms. The van der Waals surface area contributed by atoms with E-state index in [4.69, 9.17) is 23.2 Å². The summed E-state index contributed by atoms with van der Waals surface area (Å²) in [6, 6.07) is 6.91. The van der Waals surface area contributed by atoms with E-state index in [2.05, 4.69) is 15.7 Å². The molecule has 174 valence electrons. The molecule has 1 atom stereocenters. The Hall–Kier alpha value is -1.78.